The number of aliphatic imine (C=N–C) groups is 1. The van der Waals surface area contributed by atoms with Crippen LogP contribution < -0.4 is 9.62 Å². The van der Waals surface area contributed by atoms with Gasteiger partial charge in [-0.15, -0.1) is 0 Å². The van der Waals surface area contributed by atoms with Gasteiger partial charge in [-0.25, -0.2) is 32.2 Å². The lowest BCUT2D eigenvalue weighted by Gasteiger charge is -2.28. The van der Waals surface area contributed by atoms with Crippen LogP contribution in [0.15, 0.2) is 57.6 Å². The van der Waals surface area contributed by atoms with Crippen LogP contribution in [-0.2, 0) is 19.5 Å². The van der Waals surface area contributed by atoms with E-state index in [1.54, 1.807) is 6.92 Å². The van der Waals surface area contributed by atoms with Crippen molar-refractivity contribution in [3.8, 4) is 11.8 Å². The molecule has 9 nitrogen and oxygen atoms in total. The minimum absolute atomic E-state index is 0.141. The molecule has 2 heterocycles. The second-order valence-electron chi connectivity index (χ2n) is 7.60. The van der Waals surface area contributed by atoms with Crippen LogP contribution >= 0.6 is 0 Å². The fraction of sp³-hybridized carbons (Fsp3) is 0.292. The molecule has 1 saturated heterocycles. The molecule has 0 aliphatic carbocycles. The van der Waals surface area contributed by atoms with E-state index in [0.29, 0.717) is 55.0 Å². The number of nitrogens with zero attached hydrogens (tertiary/aromatic N) is 4. The molecule has 0 spiro atoms. The molecule has 0 amide bonds. The number of morpholine rings is 1. The van der Waals surface area contributed by atoms with Gasteiger partial charge in [0.05, 0.1) is 31.6 Å². The van der Waals surface area contributed by atoms with Crippen molar-refractivity contribution in [2.24, 2.45) is 4.99 Å². The van der Waals surface area contributed by atoms with Crippen LogP contribution in [0.5, 0.6) is 0 Å². The number of aromatic nitrogens is 2. The van der Waals surface area contributed by atoms with Crippen molar-refractivity contribution in [1.29, 1.82) is 0 Å². The van der Waals surface area contributed by atoms with Crippen molar-refractivity contribution >= 4 is 22.6 Å². The third-order valence-electron chi connectivity index (χ3n) is 5.07. The molecule has 0 unspecified atom stereocenters. The van der Waals surface area contributed by atoms with E-state index < -0.39 is 26.6 Å². The average Bonchev–Trinajstić information content (AvgIpc) is 2.84. The summed E-state index contributed by atoms with van der Waals surface area (Å²) in [6.45, 7) is 9.31. The molecule has 1 N–H and O–H groups in total. The molecule has 0 radical (unpaired) electrons. The zero-order valence-corrected chi connectivity index (χ0v) is 20.8. The molecule has 1 fully saturated rings. The second kappa shape index (κ2) is 11.7. The maximum Gasteiger partial charge on any atom is 0.264 e. The molecule has 0 bridgehead atoms. The normalized spacial score (nSPS) is 14.9. The third kappa shape index (κ3) is 6.44. The average molecular weight is 518 g/mol. The number of halogens is 2. The van der Waals surface area contributed by atoms with Crippen molar-refractivity contribution in [3.05, 3.63) is 70.6 Å². The molecule has 0 saturated carbocycles. The lowest BCUT2D eigenvalue weighted by molar-refractivity contribution is 0.122. The van der Waals surface area contributed by atoms with Crippen LogP contribution in [0, 0.1) is 30.4 Å². The van der Waals surface area contributed by atoms with Crippen LogP contribution in [0.3, 0.4) is 0 Å². The van der Waals surface area contributed by atoms with E-state index in [9.17, 15) is 17.2 Å². The van der Waals surface area contributed by atoms with E-state index in [0.717, 1.165) is 12.1 Å². The number of methoxy groups -OCH3 is 1. The first-order valence-corrected chi connectivity index (χ1v) is 12.2. The minimum atomic E-state index is -4.46. The summed E-state index contributed by atoms with van der Waals surface area (Å²) in [7, 11) is -3.19. The Kier molecular flexibility index (Phi) is 8.73. The van der Waals surface area contributed by atoms with Crippen molar-refractivity contribution < 1.29 is 26.7 Å². The van der Waals surface area contributed by atoms with Gasteiger partial charge in [-0.05, 0) is 38.8 Å². The molecule has 2 aromatic rings. The molecule has 1 aliphatic rings. The maximum atomic E-state index is 14.2. The van der Waals surface area contributed by atoms with E-state index in [-0.39, 0.29) is 11.6 Å². The van der Waals surface area contributed by atoms with Gasteiger partial charge in [0.15, 0.2) is 0 Å². The van der Waals surface area contributed by atoms with Gasteiger partial charge in [0.1, 0.15) is 34.4 Å². The van der Waals surface area contributed by atoms with Crippen LogP contribution in [0.4, 0.5) is 14.6 Å². The number of sulfonamides is 1. The van der Waals surface area contributed by atoms with Gasteiger partial charge in [0.25, 0.3) is 10.0 Å². The van der Waals surface area contributed by atoms with E-state index in [1.165, 1.54) is 19.5 Å². The molecular weight excluding hydrogens is 492 g/mol. The first-order valence-electron chi connectivity index (χ1n) is 10.7. The molecule has 190 valence electrons. The summed E-state index contributed by atoms with van der Waals surface area (Å²) in [6.07, 6.45) is 2.84. The van der Waals surface area contributed by atoms with Crippen molar-refractivity contribution in [2.45, 2.75) is 18.7 Å². The molecule has 3 rings (SSSR count). The summed E-state index contributed by atoms with van der Waals surface area (Å²) in [6, 6.07) is 2.14. The predicted octanol–water partition coefficient (Wildman–Crippen LogP) is 2.69. The Hall–Kier alpha value is -3.82. The first-order chi connectivity index (χ1) is 17.2. The van der Waals surface area contributed by atoms with Crippen LogP contribution in [0.2, 0.25) is 0 Å². The Balaban J connectivity index is 1.98. The minimum Gasteiger partial charge on any atom is -0.480 e. The Morgan fingerprint density at radius 1 is 1.31 bits per heavy atom. The Labute approximate surface area is 208 Å². The van der Waals surface area contributed by atoms with Gasteiger partial charge in [-0.2, -0.15) is 0 Å². The van der Waals surface area contributed by atoms with Gasteiger partial charge in [0, 0.05) is 24.7 Å². The lowest BCUT2D eigenvalue weighted by atomic mass is 10.1. The quantitative estimate of drug-likeness (QED) is 0.261. The van der Waals surface area contributed by atoms with Gasteiger partial charge >= 0.3 is 0 Å². The number of hydrogen-bond donors (Lipinski definition) is 1. The summed E-state index contributed by atoms with van der Waals surface area (Å²) in [5, 5.41) is 0. The van der Waals surface area contributed by atoms with E-state index >= 15 is 0 Å². The molecule has 0 atom stereocenters. The summed E-state index contributed by atoms with van der Waals surface area (Å²) in [5.41, 5.74) is 1.58. The Morgan fingerprint density at radius 3 is 2.67 bits per heavy atom. The summed E-state index contributed by atoms with van der Waals surface area (Å²) < 4.78 is 65.8. The highest BCUT2D eigenvalue weighted by Crippen LogP contribution is 2.21. The van der Waals surface area contributed by atoms with Gasteiger partial charge in [-0.3, -0.25) is 4.72 Å². The lowest BCUT2D eigenvalue weighted by Crippen LogP contribution is -2.37. The zero-order chi connectivity index (χ0) is 26.3. The van der Waals surface area contributed by atoms with Gasteiger partial charge in [-0.1, -0.05) is 11.8 Å². The monoisotopic (exact) mass is 517 g/mol. The summed E-state index contributed by atoms with van der Waals surface area (Å²) >= 11 is 0. The van der Waals surface area contributed by atoms with Crippen LogP contribution in [0.25, 0.3) is 0 Å². The molecule has 1 aromatic heterocycles. The first kappa shape index (κ1) is 26.8. The second-order valence-corrected chi connectivity index (χ2v) is 9.25. The number of hydrogen-bond acceptors (Lipinski definition) is 8. The standard InChI is InChI=1S/C24H25F2N5O4S/c1-16(5-7-19-17(2)28-15-29-23(19)31-9-11-35-12-10-31)13-21(24(27-3)34-4)30-36(32,33)22-8-6-18(25)14-20(22)26/h6,8,13-15,30H,3,9-12H2,1-2,4H3/b16-13+,24-21-. The molecule has 12 heteroatoms. The van der Waals surface area contributed by atoms with Crippen LogP contribution in [0.1, 0.15) is 18.2 Å². The fourth-order valence-electron chi connectivity index (χ4n) is 3.32. The maximum absolute atomic E-state index is 14.2. The number of aryl methyl sites for hydroxylation is 1. The summed E-state index contributed by atoms with van der Waals surface area (Å²) in [4.78, 5) is 13.6. The smallest absolute Gasteiger partial charge is 0.264 e. The van der Waals surface area contributed by atoms with E-state index in [1.807, 2.05) is 6.92 Å². The Bertz CT molecular complexity index is 1370. The number of benzene rings is 1. The van der Waals surface area contributed by atoms with Gasteiger partial charge in [0.2, 0.25) is 5.88 Å². The number of allylic oxidation sites excluding steroid dienone is 2. The van der Waals surface area contributed by atoms with Crippen molar-refractivity contribution in [2.75, 3.05) is 38.3 Å². The number of anilines is 1. The highest BCUT2D eigenvalue weighted by molar-refractivity contribution is 7.89. The van der Waals surface area contributed by atoms with Crippen molar-refractivity contribution in [3.63, 3.8) is 0 Å². The number of nitrogens with one attached hydrogen (secondary N) is 1. The fourth-order valence-corrected chi connectivity index (χ4v) is 4.43. The van der Waals surface area contributed by atoms with Crippen LogP contribution in [-0.4, -0.2) is 58.5 Å². The van der Waals surface area contributed by atoms with Gasteiger partial charge < -0.3 is 14.4 Å². The highest BCUT2D eigenvalue weighted by Gasteiger charge is 2.22. The van der Waals surface area contributed by atoms with E-state index in [2.05, 4.69) is 43.1 Å². The highest BCUT2D eigenvalue weighted by atomic mass is 32.2. The SMILES string of the molecule is C=N/C(OC)=C(\C=C(/C)C#Cc1c(C)ncnc1N1CCOCC1)NS(=O)(=O)c1ccc(F)cc1F. The molecule has 1 aromatic carbocycles. The Morgan fingerprint density at radius 2 is 2.03 bits per heavy atom. The van der Waals surface area contributed by atoms with Crippen molar-refractivity contribution in [1.82, 2.24) is 14.7 Å². The molecule has 36 heavy (non-hydrogen) atoms. The predicted molar refractivity (Wildman–Crippen MR) is 131 cm³/mol. The number of ether oxygens (including phenoxy) is 2. The topological polar surface area (TPSA) is 106 Å². The third-order valence-corrected chi connectivity index (χ3v) is 6.47. The molecular formula is C24H25F2N5O4S. The van der Waals surface area contributed by atoms with E-state index in [4.69, 9.17) is 9.47 Å². The molecule has 1 aliphatic heterocycles. The largest absolute Gasteiger partial charge is 0.480 e. The number of rotatable bonds is 7. The summed E-state index contributed by atoms with van der Waals surface area (Å²) in [5.74, 6) is 4.37. The zero-order valence-electron chi connectivity index (χ0n) is 20.0.